The molecule has 176 valence electrons. The summed E-state index contributed by atoms with van der Waals surface area (Å²) in [5.41, 5.74) is 0.746. The number of fused-ring (bicyclic) bond motifs is 3. The van der Waals surface area contributed by atoms with Gasteiger partial charge in [0.1, 0.15) is 0 Å². The molecule has 2 aromatic rings. The van der Waals surface area contributed by atoms with Gasteiger partial charge in [-0.15, -0.1) is 4.40 Å². The third kappa shape index (κ3) is 5.19. The van der Waals surface area contributed by atoms with E-state index in [-0.39, 0.29) is 11.7 Å². The Hall–Kier alpha value is -2.53. The highest BCUT2D eigenvalue weighted by atomic mass is 32.2. The summed E-state index contributed by atoms with van der Waals surface area (Å²) in [5, 5.41) is 3.23. The lowest BCUT2D eigenvalue weighted by Gasteiger charge is -2.23. The minimum atomic E-state index is -4.47. The molecular weight excluding hydrogens is 475 g/mol. The van der Waals surface area contributed by atoms with Gasteiger partial charge in [-0.25, -0.2) is 8.42 Å². The second-order valence-electron chi connectivity index (χ2n) is 8.37. The molecule has 2 aliphatic heterocycles. The zero-order valence-corrected chi connectivity index (χ0v) is 19.5. The van der Waals surface area contributed by atoms with Crippen LogP contribution in [-0.4, -0.2) is 31.8 Å². The lowest BCUT2D eigenvalue weighted by molar-refractivity contribution is -0.137. The van der Waals surface area contributed by atoms with Crippen molar-refractivity contribution in [1.82, 2.24) is 5.32 Å². The predicted octanol–water partition coefficient (Wildman–Crippen LogP) is 4.83. The van der Waals surface area contributed by atoms with Crippen molar-refractivity contribution < 1.29 is 26.4 Å². The van der Waals surface area contributed by atoms with Gasteiger partial charge in [-0.1, -0.05) is 26.0 Å². The van der Waals surface area contributed by atoms with E-state index in [0.29, 0.717) is 34.2 Å². The van der Waals surface area contributed by atoms with Crippen LogP contribution >= 0.6 is 11.8 Å². The number of carbonyl (C=O) groups is 1. The van der Waals surface area contributed by atoms with Crippen molar-refractivity contribution in [2.75, 3.05) is 17.2 Å². The van der Waals surface area contributed by atoms with Gasteiger partial charge in [0.15, 0.2) is 5.17 Å². The molecule has 1 unspecified atom stereocenters. The molecule has 0 aromatic heterocycles. The van der Waals surface area contributed by atoms with Gasteiger partial charge >= 0.3 is 6.18 Å². The summed E-state index contributed by atoms with van der Waals surface area (Å²) >= 11 is 1.18. The molecule has 2 heterocycles. The number of halogens is 3. The highest BCUT2D eigenvalue weighted by molar-refractivity contribution is 8.15. The Morgan fingerprint density at radius 3 is 2.67 bits per heavy atom. The topological polar surface area (TPSA) is 78.8 Å². The molecular formula is C22H22F3N3O3S2. The fourth-order valence-electron chi connectivity index (χ4n) is 3.79. The zero-order valence-electron chi connectivity index (χ0n) is 17.9. The van der Waals surface area contributed by atoms with Crippen molar-refractivity contribution in [3.63, 3.8) is 0 Å². The number of alkyl halides is 3. The Morgan fingerprint density at radius 2 is 1.97 bits per heavy atom. The van der Waals surface area contributed by atoms with Gasteiger partial charge in [-0.05, 0) is 60.0 Å². The molecule has 33 heavy (non-hydrogen) atoms. The monoisotopic (exact) mass is 497 g/mol. The smallest absolute Gasteiger partial charge is 0.345 e. The number of amides is 1. The number of nitrogens with one attached hydrogen (secondary N) is 1. The highest BCUT2D eigenvalue weighted by Gasteiger charge is 2.34. The number of carbonyl (C=O) groups excluding carboxylic acids is 1. The summed E-state index contributed by atoms with van der Waals surface area (Å²) in [5.74, 6) is -0.357. The predicted molar refractivity (Wildman–Crippen MR) is 122 cm³/mol. The minimum absolute atomic E-state index is 0.0768. The Morgan fingerprint density at radius 1 is 1.21 bits per heavy atom. The van der Waals surface area contributed by atoms with E-state index in [0.717, 1.165) is 17.8 Å². The Labute approximate surface area is 194 Å². The lowest BCUT2D eigenvalue weighted by Crippen LogP contribution is -2.35. The number of benzene rings is 2. The number of anilines is 1. The van der Waals surface area contributed by atoms with E-state index >= 15 is 0 Å². The molecule has 6 nitrogen and oxygen atoms in total. The zero-order chi connectivity index (χ0) is 24.0. The molecule has 1 amide bonds. The van der Waals surface area contributed by atoms with E-state index < -0.39 is 33.7 Å². The van der Waals surface area contributed by atoms with E-state index in [1.165, 1.54) is 17.8 Å². The maximum Gasteiger partial charge on any atom is 0.416 e. The van der Waals surface area contributed by atoms with Gasteiger partial charge in [-0.3, -0.25) is 4.79 Å². The summed E-state index contributed by atoms with van der Waals surface area (Å²) in [6.07, 6.45) is -4.00. The molecule has 0 spiro atoms. The quantitative estimate of drug-likeness (QED) is 0.640. The van der Waals surface area contributed by atoms with Crippen LogP contribution in [0.1, 0.15) is 47.8 Å². The lowest BCUT2D eigenvalue weighted by atomic mass is 9.95. The van der Waals surface area contributed by atoms with E-state index in [4.69, 9.17) is 0 Å². The van der Waals surface area contributed by atoms with E-state index in [1.807, 2.05) is 13.8 Å². The Balaban J connectivity index is 1.58. The Kier molecular flexibility index (Phi) is 6.21. The van der Waals surface area contributed by atoms with Crippen LogP contribution < -0.4 is 10.2 Å². The maximum atomic E-state index is 13.2. The molecule has 2 aromatic carbocycles. The van der Waals surface area contributed by atoms with Gasteiger partial charge in [0.05, 0.1) is 23.0 Å². The molecule has 0 aliphatic carbocycles. The first kappa shape index (κ1) is 23.6. The van der Waals surface area contributed by atoms with Crippen molar-refractivity contribution >= 4 is 38.5 Å². The first-order valence-electron chi connectivity index (χ1n) is 10.3. The third-order valence-electron chi connectivity index (χ3n) is 5.36. The standard InChI is InChI=1S/C22H22F3N3O3S2/c1-13(2)10-17(14-4-3-5-16(11-14)22(23,24)25)26-20(29)15-6-7-18-19(12-15)32-21-27-33(30,31)9-8-28(18)21/h3-7,11-13,17H,8-10H2,1-2H3,(H,26,29). The normalized spacial score (nSPS) is 17.9. The Bertz CT molecular complexity index is 1230. The van der Waals surface area contributed by atoms with E-state index in [9.17, 15) is 26.4 Å². The van der Waals surface area contributed by atoms with E-state index in [1.54, 1.807) is 29.2 Å². The maximum absolute atomic E-state index is 13.2. The largest absolute Gasteiger partial charge is 0.416 e. The molecule has 2 aliphatic rings. The molecule has 4 rings (SSSR count). The van der Waals surface area contributed by atoms with Crippen molar-refractivity contribution in [3.05, 3.63) is 59.2 Å². The fraction of sp³-hybridized carbons (Fsp3) is 0.364. The second kappa shape index (κ2) is 8.68. The number of thioether (sulfide) groups is 1. The third-order valence-corrected chi connectivity index (χ3v) is 7.67. The number of hydrogen-bond acceptors (Lipinski definition) is 5. The number of hydrogen-bond donors (Lipinski definition) is 1. The molecule has 0 bridgehead atoms. The van der Waals surface area contributed by atoms with Crippen LogP contribution in [0.4, 0.5) is 18.9 Å². The minimum Gasteiger partial charge on any atom is -0.345 e. The van der Waals surface area contributed by atoms with Gasteiger partial charge in [-0.2, -0.15) is 13.2 Å². The van der Waals surface area contributed by atoms with Gasteiger partial charge in [0, 0.05) is 17.0 Å². The summed E-state index contributed by atoms with van der Waals surface area (Å²) in [4.78, 5) is 15.5. The van der Waals surface area contributed by atoms with Crippen LogP contribution in [0, 0.1) is 5.92 Å². The summed E-state index contributed by atoms with van der Waals surface area (Å²) in [7, 11) is -3.49. The van der Waals surface area contributed by atoms with Crippen molar-refractivity contribution in [3.8, 4) is 0 Å². The summed E-state index contributed by atoms with van der Waals surface area (Å²) < 4.78 is 66.9. The fourth-order valence-corrected chi connectivity index (χ4v) is 6.09. The first-order valence-corrected chi connectivity index (χ1v) is 12.8. The number of amidine groups is 1. The van der Waals surface area contributed by atoms with Crippen LogP contribution in [0.5, 0.6) is 0 Å². The summed E-state index contributed by atoms with van der Waals surface area (Å²) in [6.45, 7) is 4.16. The molecule has 11 heteroatoms. The average Bonchev–Trinajstić information content (AvgIpc) is 3.07. The van der Waals surface area contributed by atoms with Crippen molar-refractivity contribution in [2.24, 2.45) is 10.3 Å². The van der Waals surface area contributed by atoms with Crippen LogP contribution in [0.25, 0.3) is 0 Å². The second-order valence-corrected chi connectivity index (χ2v) is 11.1. The average molecular weight is 498 g/mol. The van der Waals surface area contributed by atoms with Gasteiger partial charge in [0.2, 0.25) is 0 Å². The number of sulfonamides is 1. The number of nitrogens with zero attached hydrogens (tertiary/aromatic N) is 2. The SMILES string of the molecule is CC(C)CC(NC(=O)c1ccc2c(c1)SC1=NS(=O)(=O)CCN12)c1cccc(C(F)(F)F)c1. The van der Waals surface area contributed by atoms with Crippen LogP contribution in [0.3, 0.4) is 0 Å². The summed E-state index contributed by atoms with van der Waals surface area (Å²) in [6, 6.07) is 9.42. The molecule has 0 fully saturated rings. The number of rotatable bonds is 5. The molecule has 1 atom stereocenters. The molecule has 0 saturated carbocycles. The van der Waals surface area contributed by atoms with Gasteiger partial charge in [0.25, 0.3) is 15.9 Å². The van der Waals surface area contributed by atoms with Crippen LogP contribution in [-0.2, 0) is 16.2 Å². The highest BCUT2D eigenvalue weighted by Crippen LogP contribution is 2.42. The molecule has 0 saturated heterocycles. The van der Waals surface area contributed by atoms with E-state index in [2.05, 4.69) is 9.71 Å². The molecule has 0 radical (unpaired) electrons. The van der Waals surface area contributed by atoms with Crippen molar-refractivity contribution in [2.45, 2.75) is 37.4 Å². The van der Waals surface area contributed by atoms with Crippen molar-refractivity contribution in [1.29, 1.82) is 0 Å². The van der Waals surface area contributed by atoms with Crippen LogP contribution in [0.2, 0.25) is 0 Å². The van der Waals surface area contributed by atoms with Gasteiger partial charge < -0.3 is 10.2 Å². The molecule has 1 N–H and O–H groups in total. The van der Waals surface area contributed by atoms with Crippen LogP contribution in [0.15, 0.2) is 51.8 Å². The first-order chi connectivity index (χ1) is 15.4.